The summed E-state index contributed by atoms with van der Waals surface area (Å²) < 4.78 is 22.8. The minimum Gasteiger partial charge on any atom is -0.462 e. The summed E-state index contributed by atoms with van der Waals surface area (Å²) in [5.41, 5.74) is 4.14. The Morgan fingerprint density at radius 2 is 2.09 bits per heavy atom. The first-order valence-electron chi connectivity index (χ1n) is 15.3. The molecule has 2 aromatic heterocycles. The maximum absolute atomic E-state index is 16.6. The van der Waals surface area contributed by atoms with Crippen molar-refractivity contribution in [1.29, 1.82) is 0 Å². The van der Waals surface area contributed by atoms with Crippen LogP contribution >= 0.6 is 0 Å². The predicted molar refractivity (Wildman–Crippen MR) is 162 cm³/mol. The highest BCUT2D eigenvalue weighted by molar-refractivity contribution is 5.93. The van der Waals surface area contributed by atoms with Gasteiger partial charge < -0.3 is 24.3 Å². The molecule has 3 aromatic rings. The van der Waals surface area contributed by atoms with Gasteiger partial charge in [-0.2, -0.15) is 9.97 Å². The average molecular weight is 582 g/mol. The summed E-state index contributed by atoms with van der Waals surface area (Å²) in [5, 5.41) is 0.489. The molecule has 0 unspecified atom stereocenters. The van der Waals surface area contributed by atoms with E-state index in [1.54, 1.807) is 11.1 Å². The molecule has 2 atom stereocenters. The number of fused-ring (bicyclic) bond motifs is 3. The molecule has 4 heterocycles. The molecular formula is C33H36FN7O2. The number of anilines is 1. The van der Waals surface area contributed by atoms with Crippen LogP contribution in [0.15, 0.2) is 37.1 Å². The predicted octanol–water partition coefficient (Wildman–Crippen LogP) is 4.40. The molecule has 2 aliphatic carbocycles. The third-order valence-corrected chi connectivity index (χ3v) is 9.97. The Morgan fingerprint density at radius 3 is 2.84 bits per heavy atom. The lowest BCUT2D eigenvalue weighted by molar-refractivity contribution is -0.128. The first kappa shape index (κ1) is 27.7. The molecule has 222 valence electrons. The van der Waals surface area contributed by atoms with Crippen molar-refractivity contribution < 1.29 is 13.9 Å². The number of ether oxygens (including phenoxy) is 1. The number of piperazine rings is 1. The van der Waals surface area contributed by atoms with Gasteiger partial charge in [-0.15, -0.1) is 0 Å². The summed E-state index contributed by atoms with van der Waals surface area (Å²) in [6.07, 6.45) is 9.53. The van der Waals surface area contributed by atoms with E-state index in [1.165, 1.54) is 30.0 Å². The zero-order valence-corrected chi connectivity index (χ0v) is 24.6. The largest absolute Gasteiger partial charge is 0.462 e. The van der Waals surface area contributed by atoms with Gasteiger partial charge >= 0.3 is 6.01 Å². The quantitative estimate of drug-likeness (QED) is 0.302. The van der Waals surface area contributed by atoms with Gasteiger partial charge in [-0.3, -0.25) is 9.78 Å². The van der Waals surface area contributed by atoms with E-state index < -0.39 is 5.82 Å². The number of halogens is 1. The maximum Gasteiger partial charge on any atom is 0.319 e. The number of amides is 1. The molecule has 0 N–H and O–H groups in total. The second-order valence-electron chi connectivity index (χ2n) is 12.4. The monoisotopic (exact) mass is 581 g/mol. The lowest BCUT2D eigenvalue weighted by atomic mass is 9.95. The fourth-order valence-corrected chi connectivity index (χ4v) is 7.34. The number of likely N-dealkylation sites (tertiary alicyclic amines) is 1. The van der Waals surface area contributed by atoms with Gasteiger partial charge in [0.15, 0.2) is 5.82 Å². The molecule has 9 nitrogen and oxygen atoms in total. The minimum atomic E-state index is -0.479. The highest BCUT2D eigenvalue weighted by Gasteiger charge is 2.49. The van der Waals surface area contributed by atoms with E-state index >= 15 is 4.39 Å². The van der Waals surface area contributed by atoms with Gasteiger partial charge in [-0.1, -0.05) is 24.8 Å². The summed E-state index contributed by atoms with van der Waals surface area (Å²) in [6.45, 7) is 13.9. The highest BCUT2D eigenvalue weighted by Crippen LogP contribution is 2.58. The van der Waals surface area contributed by atoms with Crippen LogP contribution in [0.25, 0.3) is 27.0 Å². The number of rotatable bonds is 7. The molecule has 0 bridgehead atoms. The normalized spacial score (nSPS) is 22.5. The van der Waals surface area contributed by atoms with Crippen LogP contribution in [0.2, 0.25) is 0 Å². The van der Waals surface area contributed by atoms with Gasteiger partial charge in [0.1, 0.15) is 29.7 Å². The number of likely N-dealkylation sites (N-methyl/N-ethyl adjacent to an activating group) is 1. The topological polar surface area (TPSA) is 79.1 Å². The lowest BCUT2D eigenvalue weighted by Crippen LogP contribution is -2.56. The lowest BCUT2D eigenvalue weighted by Gasteiger charge is -2.39. The van der Waals surface area contributed by atoms with Crippen LogP contribution in [-0.4, -0.2) is 89.1 Å². The minimum absolute atomic E-state index is 0.125. The van der Waals surface area contributed by atoms with Crippen LogP contribution in [0, 0.1) is 12.4 Å². The Morgan fingerprint density at radius 1 is 1.23 bits per heavy atom. The van der Waals surface area contributed by atoms with E-state index in [0.29, 0.717) is 43.1 Å². The molecule has 1 saturated carbocycles. The van der Waals surface area contributed by atoms with Crippen LogP contribution < -0.4 is 9.64 Å². The van der Waals surface area contributed by atoms with Crippen LogP contribution in [0.3, 0.4) is 0 Å². The molecule has 1 aromatic carbocycles. The van der Waals surface area contributed by atoms with Crippen molar-refractivity contribution in [3.8, 4) is 17.3 Å². The summed E-state index contributed by atoms with van der Waals surface area (Å²) >= 11 is 0. The van der Waals surface area contributed by atoms with Crippen molar-refractivity contribution in [2.24, 2.45) is 0 Å². The van der Waals surface area contributed by atoms with Crippen LogP contribution in [0.4, 0.5) is 10.2 Å². The number of hydrogen-bond donors (Lipinski definition) is 0. The van der Waals surface area contributed by atoms with E-state index in [-0.39, 0.29) is 41.5 Å². The highest BCUT2D eigenvalue weighted by atomic mass is 19.1. The zero-order valence-electron chi connectivity index (χ0n) is 24.6. The Kier molecular flexibility index (Phi) is 7.01. The Hall–Kier alpha value is -4.10. The number of hydrogen-bond acceptors (Lipinski definition) is 7. The second-order valence-corrected chi connectivity index (χ2v) is 12.4. The number of carbonyl (C=O) groups is 1. The summed E-state index contributed by atoms with van der Waals surface area (Å²) in [4.78, 5) is 36.1. The molecule has 1 amide bonds. The third kappa shape index (κ3) is 4.80. The van der Waals surface area contributed by atoms with Crippen molar-refractivity contribution in [2.75, 3.05) is 51.3 Å². The third-order valence-electron chi connectivity index (χ3n) is 9.97. The Balaban J connectivity index is 1.30. The smallest absolute Gasteiger partial charge is 0.319 e. The molecule has 3 fully saturated rings. The average Bonchev–Trinajstić information content (AvgIpc) is 3.56. The molecule has 7 rings (SSSR count). The SMILES string of the molecule is [C-]#[N+]C[C@H]1CN(c2nc(OC[C@@H]3CCCN3C)nc3c(F)c(-c4cccc5c4CCC54CC4)ncc23)CCN1C(=O)C=C. The fourth-order valence-electron chi connectivity index (χ4n) is 7.34. The number of pyridine rings is 1. The molecule has 0 radical (unpaired) electrons. The van der Waals surface area contributed by atoms with Crippen LogP contribution in [-0.2, 0) is 16.6 Å². The molecule has 43 heavy (non-hydrogen) atoms. The summed E-state index contributed by atoms with van der Waals surface area (Å²) in [5.74, 6) is -0.174. The standard InChI is InChI=1S/C33H36FN7O2/c1-4-27(42)41-16-15-40(19-22(41)17-35-2)31-25-18-36-29(24-8-5-9-26-23(24)10-11-33(26)12-13-33)28(34)30(25)37-32(38-31)43-20-21-7-6-14-39(21)3/h4-5,8-9,18,21-22H,1,6-7,10-17,19-20H2,3H3/t21-,22-/m0/s1. The molecule has 4 aliphatic rings. The van der Waals surface area contributed by atoms with Crippen molar-refractivity contribution >= 4 is 22.6 Å². The summed E-state index contributed by atoms with van der Waals surface area (Å²) in [7, 11) is 2.08. The molecular weight excluding hydrogens is 545 g/mol. The first-order chi connectivity index (χ1) is 20.9. The molecule has 1 spiro atoms. The van der Waals surface area contributed by atoms with Gasteiger partial charge in [-0.05, 0) is 74.7 Å². The van der Waals surface area contributed by atoms with Crippen molar-refractivity contribution in [2.45, 2.75) is 56.0 Å². The van der Waals surface area contributed by atoms with Crippen molar-refractivity contribution in [1.82, 2.24) is 24.8 Å². The summed E-state index contributed by atoms with van der Waals surface area (Å²) in [6, 6.07) is 6.21. The van der Waals surface area contributed by atoms with Gasteiger partial charge in [-0.25, -0.2) is 11.0 Å². The number of carbonyl (C=O) groups excluding carboxylic acids is 1. The fraction of sp³-hybridized carbons (Fsp3) is 0.485. The molecule has 2 saturated heterocycles. The first-order valence-corrected chi connectivity index (χ1v) is 15.3. The van der Waals surface area contributed by atoms with E-state index in [1.807, 2.05) is 17.0 Å². The van der Waals surface area contributed by atoms with Gasteiger partial charge in [0.2, 0.25) is 12.5 Å². The Labute approximate surface area is 251 Å². The van der Waals surface area contributed by atoms with Crippen LogP contribution in [0.1, 0.15) is 43.2 Å². The van der Waals surface area contributed by atoms with E-state index in [9.17, 15) is 4.79 Å². The number of benzene rings is 1. The maximum atomic E-state index is 16.6. The van der Waals surface area contributed by atoms with Gasteiger partial charge in [0.25, 0.3) is 0 Å². The Bertz CT molecular complexity index is 1650. The number of aromatic nitrogens is 3. The van der Waals surface area contributed by atoms with Gasteiger partial charge in [0, 0.05) is 37.4 Å². The zero-order chi connectivity index (χ0) is 29.7. The van der Waals surface area contributed by atoms with Gasteiger partial charge in [0.05, 0.1) is 5.39 Å². The van der Waals surface area contributed by atoms with E-state index in [0.717, 1.165) is 37.8 Å². The van der Waals surface area contributed by atoms with E-state index in [2.05, 4.69) is 39.4 Å². The van der Waals surface area contributed by atoms with Crippen molar-refractivity contribution in [3.05, 3.63) is 65.4 Å². The second kappa shape index (κ2) is 10.9. The van der Waals surface area contributed by atoms with Crippen LogP contribution in [0.5, 0.6) is 6.01 Å². The molecule has 2 aliphatic heterocycles. The molecule has 10 heteroatoms. The van der Waals surface area contributed by atoms with Crippen molar-refractivity contribution in [3.63, 3.8) is 0 Å². The number of nitrogens with zero attached hydrogens (tertiary/aromatic N) is 7. The van der Waals surface area contributed by atoms with E-state index in [4.69, 9.17) is 16.3 Å².